The molecule has 0 aromatic rings. The Hall–Kier alpha value is -0.0800. The van der Waals surface area contributed by atoms with Crippen LogP contribution in [-0.4, -0.2) is 25.3 Å². The standard InChI is InChI=1S/C9H17NO/c1-7(2)10-8-3-9(4-8)5-11-6-9/h7-8,10H,3-6H2,1-2H3. The Labute approximate surface area is 68.3 Å². The van der Waals surface area contributed by atoms with E-state index in [1.54, 1.807) is 0 Å². The van der Waals surface area contributed by atoms with Crippen LogP contribution >= 0.6 is 0 Å². The van der Waals surface area contributed by atoms with Gasteiger partial charge >= 0.3 is 0 Å². The molecule has 0 aromatic carbocycles. The molecule has 1 N–H and O–H groups in total. The van der Waals surface area contributed by atoms with Crippen molar-refractivity contribution in [1.29, 1.82) is 0 Å². The Morgan fingerprint density at radius 2 is 2.00 bits per heavy atom. The summed E-state index contributed by atoms with van der Waals surface area (Å²) in [6.07, 6.45) is 2.68. The summed E-state index contributed by atoms with van der Waals surface area (Å²) >= 11 is 0. The molecule has 1 spiro atoms. The second-order valence-corrected chi connectivity index (χ2v) is 4.42. The van der Waals surface area contributed by atoms with Gasteiger partial charge in [-0.2, -0.15) is 0 Å². The summed E-state index contributed by atoms with van der Waals surface area (Å²) in [5.41, 5.74) is 0.618. The quantitative estimate of drug-likeness (QED) is 0.646. The lowest BCUT2D eigenvalue weighted by Gasteiger charge is -2.53. The molecule has 0 unspecified atom stereocenters. The zero-order chi connectivity index (χ0) is 7.90. The molecule has 2 heteroatoms. The summed E-state index contributed by atoms with van der Waals surface area (Å²) in [5, 5.41) is 3.55. The van der Waals surface area contributed by atoms with Crippen LogP contribution in [0.1, 0.15) is 26.7 Å². The van der Waals surface area contributed by atoms with Crippen LogP contribution in [0.3, 0.4) is 0 Å². The minimum absolute atomic E-state index is 0.618. The average molecular weight is 155 g/mol. The minimum atomic E-state index is 0.618. The molecule has 2 nitrogen and oxygen atoms in total. The smallest absolute Gasteiger partial charge is 0.0545 e. The Balaban J connectivity index is 1.71. The van der Waals surface area contributed by atoms with Crippen molar-refractivity contribution in [3.8, 4) is 0 Å². The third-order valence-corrected chi connectivity index (χ3v) is 2.74. The maximum atomic E-state index is 5.21. The van der Waals surface area contributed by atoms with E-state index in [-0.39, 0.29) is 0 Å². The van der Waals surface area contributed by atoms with Crippen LogP contribution in [0.5, 0.6) is 0 Å². The fourth-order valence-corrected chi connectivity index (χ4v) is 2.20. The number of nitrogens with one attached hydrogen (secondary N) is 1. The van der Waals surface area contributed by atoms with Gasteiger partial charge in [0, 0.05) is 17.5 Å². The Morgan fingerprint density at radius 3 is 2.36 bits per heavy atom. The van der Waals surface area contributed by atoms with Crippen LogP contribution < -0.4 is 5.32 Å². The second kappa shape index (κ2) is 2.46. The van der Waals surface area contributed by atoms with E-state index in [2.05, 4.69) is 19.2 Å². The fourth-order valence-electron chi connectivity index (χ4n) is 2.20. The molecule has 2 rings (SSSR count). The zero-order valence-corrected chi connectivity index (χ0v) is 7.39. The molecule has 2 aliphatic rings. The Morgan fingerprint density at radius 1 is 1.36 bits per heavy atom. The lowest BCUT2D eigenvalue weighted by Crippen LogP contribution is -2.59. The summed E-state index contributed by atoms with van der Waals surface area (Å²) in [7, 11) is 0. The third-order valence-electron chi connectivity index (χ3n) is 2.74. The summed E-state index contributed by atoms with van der Waals surface area (Å²) in [6, 6.07) is 1.41. The van der Waals surface area contributed by atoms with Crippen molar-refractivity contribution in [2.24, 2.45) is 5.41 Å². The summed E-state index contributed by atoms with van der Waals surface area (Å²) < 4.78 is 5.21. The van der Waals surface area contributed by atoms with Crippen molar-refractivity contribution >= 4 is 0 Å². The van der Waals surface area contributed by atoms with Crippen molar-refractivity contribution < 1.29 is 4.74 Å². The average Bonchev–Trinajstić information content (AvgIpc) is 1.71. The molecule has 1 saturated carbocycles. The lowest BCUT2D eigenvalue weighted by atomic mass is 9.64. The van der Waals surface area contributed by atoms with Crippen molar-refractivity contribution in [2.75, 3.05) is 13.2 Å². The molecule has 2 fully saturated rings. The van der Waals surface area contributed by atoms with Crippen molar-refractivity contribution in [1.82, 2.24) is 5.32 Å². The molecule has 11 heavy (non-hydrogen) atoms. The van der Waals surface area contributed by atoms with Gasteiger partial charge in [-0.25, -0.2) is 0 Å². The Kier molecular flexibility index (Phi) is 1.69. The highest BCUT2D eigenvalue weighted by Gasteiger charge is 2.49. The highest BCUT2D eigenvalue weighted by atomic mass is 16.5. The highest BCUT2D eigenvalue weighted by molar-refractivity contribution is 5.01. The summed E-state index contributed by atoms with van der Waals surface area (Å²) in [4.78, 5) is 0. The van der Waals surface area contributed by atoms with Gasteiger partial charge in [0.15, 0.2) is 0 Å². The van der Waals surface area contributed by atoms with E-state index >= 15 is 0 Å². The first-order valence-corrected chi connectivity index (χ1v) is 4.54. The van der Waals surface area contributed by atoms with Gasteiger partial charge < -0.3 is 10.1 Å². The molecule has 0 radical (unpaired) electrons. The third kappa shape index (κ3) is 1.30. The van der Waals surface area contributed by atoms with Crippen LogP contribution in [0.2, 0.25) is 0 Å². The molecule has 0 amide bonds. The molecular weight excluding hydrogens is 138 g/mol. The second-order valence-electron chi connectivity index (χ2n) is 4.42. The van der Waals surface area contributed by atoms with E-state index in [4.69, 9.17) is 4.74 Å². The molecule has 64 valence electrons. The minimum Gasteiger partial charge on any atom is -0.380 e. The van der Waals surface area contributed by atoms with Crippen LogP contribution in [0.15, 0.2) is 0 Å². The van der Waals surface area contributed by atoms with E-state index in [1.807, 2.05) is 0 Å². The highest BCUT2D eigenvalue weighted by Crippen LogP contribution is 2.46. The first kappa shape index (κ1) is 7.56. The van der Waals surface area contributed by atoms with E-state index in [9.17, 15) is 0 Å². The predicted molar refractivity (Wildman–Crippen MR) is 44.5 cm³/mol. The van der Waals surface area contributed by atoms with Gasteiger partial charge in [-0.15, -0.1) is 0 Å². The largest absolute Gasteiger partial charge is 0.380 e. The summed E-state index contributed by atoms with van der Waals surface area (Å²) in [6.45, 7) is 6.46. The predicted octanol–water partition coefficient (Wildman–Crippen LogP) is 1.16. The van der Waals surface area contributed by atoms with Gasteiger partial charge in [0.2, 0.25) is 0 Å². The molecule has 1 aliphatic carbocycles. The van der Waals surface area contributed by atoms with Gasteiger partial charge in [-0.05, 0) is 12.8 Å². The van der Waals surface area contributed by atoms with Gasteiger partial charge in [0.05, 0.1) is 13.2 Å². The Bertz CT molecular complexity index is 144. The number of rotatable bonds is 2. The monoisotopic (exact) mass is 155 g/mol. The van der Waals surface area contributed by atoms with Gasteiger partial charge in [-0.1, -0.05) is 13.8 Å². The van der Waals surface area contributed by atoms with Crippen molar-refractivity contribution in [2.45, 2.75) is 38.8 Å². The van der Waals surface area contributed by atoms with Gasteiger partial charge in [0.1, 0.15) is 0 Å². The molecule has 0 aromatic heterocycles. The topological polar surface area (TPSA) is 21.3 Å². The molecule has 0 bridgehead atoms. The molecule has 0 atom stereocenters. The normalized spacial score (nSPS) is 28.6. The molecular formula is C9H17NO. The fraction of sp³-hybridized carbons (Fsp3) is 1.00. The van der Waals surface area contributed by atoms with Crippen molar-refractivity contribution in [3.63, 3.8) is 0 Å². The zero-order valence-electron chi connectivity index (χ0n) is 7.39. The molecule has 1 aliphatic heterocycles. The first-order chi connectivity index (χ1) is 5.20. The lowest BCUT2D eigenvalue weighted by molar-refractivity contribution is -0.168. The van der Waals surface area contributed by atoms with Crippen LogP contribution in [0.25, 0.3) is 0 Å². The first-order valence-electron chi connectivity index (χ1n) is 4.54. The maximum Gasteiger partial charge on any atom is 0.0545 e. The van der Waals surface area contributed by atoms with E-state index in [1.165, 1.54) is 12.8 Å². The van der Waals surface area contributed by atoms with E-state index in [0.29, 0.717) is 11.5 Å². The van der Waals surface area contributed by atoms with E-state index in [0.717, 1.165) is 19.3 Å². The van der Waals surface area contributed by atoms with Crippen LogP contribution in [0, 0.1) is 5.41 Å². The molecule has 1 heterocycles. The summed E-state index contributed by atoms with van der Waals surface area (Å²) in [5.74, 6) is 0. The van der Waals surface area contributed by atoms with E-state index < -0.39 is 0 Å². The molecule has 1 saturated heterocycles. The number of ether oxygens (including phenoxy) is 1. The van der Waals surface area contributed by atoms with Crippen molar-refractivity contribution in [3.05, 3.63) is 0 Å². The number of hydrogen-bond donors (Lipinski definition) is 1. The van der Waals surface area contributed by atoms with Crippen LogP contribution in [0.4, 0.5) is 0 Å². The maximum absolute atomic E-state index is 5.21. The number of hydrogen-bond acceptors (Lipinski definition) is 2. The van der Waals surface area contributed by atoms with Gasteiger partial charge in [-0.3, -0.25) is 0 Å². The SMILES string of the molecule is CC(C)NC1CC2(COC2)C1. The van der Waals surface area contributed by atoms with Gasteiger partial charge in [0.25, 0.3) is 0 Å². The van der Waals surface area contributed by atoms with Crippen LogP contribution in [-0.2, 0) is 4.74 Å².